The Morgan fingerprint density at radius 3 is 1.76 bits per heavy atom. The zero-order valence-electron chi connectivity index (χ0n) is 16.1. The molecule has 0 aromatic carbocycles. The van der Waals surface area contributed by atoms with E-state index in [4.69, 9.17) is 0 Å². The van der Waals surface area contributed by atoms with Crippen molar-refractivity contribution >= 4 is 10.6 Å². The Morgan fingerprint density at radius 1 is 0.680 bits per heavy atom. The highest BCUT2D eigenvalue weighted by molar-refractivity contribution is 8.30. The lowest BCUT2D eigenvalue weighted by Gasteiger charge is -2.52. The maximum atomic E-state index is 4.50. The highest BCUT2D eigenvalue weighted by Gasteiger charge is 2.65. The predicted molar refractivity (Wildman–Crippen MR) is 108 cm³/mol. The van der Waals surface area contributed by atoms with Gasteiger partial charge >= 0.3 is 0 Å². The van der Waals surface area contributed by atoms with Gasteiger partial charge in [0.2, 0.25) is 0 Å². The second kappa shape index (κ2) is 6.54. The van der Waals surface area contributed by atoms with Gasteiger partial charge in [-0.15, -0.1) is 0 Å². The summed E-state index contributed by atoms with van der Waals surface area (Å²) >= 11 is 0. The smallest absolute Gasteiger partial charge is 0.0382 e. The van der Waals surface area contributed by atoms with Gasteiger partial charge in [-0.2, -0.15) is 0 Å². The van der Waals surface area contributed by atoms with Crippen LogP contribution in [-0.4, -0.2) is 50.2 Å². The summed E-state index contributed by atoms with van der Waals surface area (Å²) in [6, 6.07) is 4.05. The molecular weight excluding hydrogens is 326 g/mol. The minimum Gasteiger partial charge on any atom is -0.240 e. The van der Waals surface area contributed by atoms with E-state index in [1.807, 2.05) is 0 Å². The minimum absolute atomic E-state index is 0.788. The largest absolute Gasteiger partial charge is 0.240 e. The Hall–Kier alpha value is -0.0300. The summed E-state index contributed by atoms with van der Waals surface area (Å²) in [5.41, 5.74) is 0. The van der Waals surface area contributed by atoms with E-state index < -0.39 is 10.6 Å². The third-order valence-corrected chi connectivity index (χ3v) is 12.0. The first-order valence-corrected chi connectivity index (χ1v) is 12.6. The van der Waals surface area contributed by atoms with Crippen molar-refractivity contribution in [3.8, 4) is 0 Å². The zero-order chi connectivity index (χ0) is 17.0. The first kappa shape index (κ1) is 17.1. The molecule has 3 nitrogen and oxygen atoms in total. The molecule has 3 aliphatic carbocycles. The van der Waals surface area contributed by atoms with Crippen molar-refractivity contribution in [2.24, 2.45) is 0 Å². The van der Waals surface area contributed by atoms with Gasteiger partial charge in [-0.3, -0.25) is 0 Å². The SMILES string of the molecule is C=CS12N(C)C3CCCCC3N1C1CCCCC1N2C1CCCCC1. The molecule has 4 heteroatoms. The van der Waals surface area contributed by atoms with Crippen LogP contribution >= 0.6 is 10.6 Å². The molecule has 2 aliphatic heterocycles. The van der Waals surface area contributed by atoms with Gasteiger partial charge in [0.15, 0.2) is 0 Å². The van der Waals surface area contributed by atoms with E-state index >= 15 is 0 Å². The van der Waals surface area contributed by atoms with Crippen LogP contribution in [0.15, 0.2) is 12.0 Å². The van der Waals surface area contributed by atoms with Crippen molar-refractivity contribution in [1.82, 2.24) is 12.9 Å². The van der Waals surface area contributed by atoms with Gasteiger partial charge in [0.25, 0.3) is 0 Å². The Labute approximate surface area is 156 Å². The molecule has 3 saturated carbocycles. The number of hydrogen-bond acceptors (Lipinski definition) is 3. The molecule has 0 N–H and O–H groups in total. The second-order valence-corrected chi connectivity index (χ2v) is 12.0. The fraction of sp³-hybridized carbons (Fsp3) is 0.905. The van der Waals surface area contributed by atoms with Gasteiger partial charge in [-0.25, -0.2) is 12.9 Å². The van der Waals surface area contributed by atoms with Crippen LogP contribution in [0.5, 0.6) is 0 Å². The van der Waals surface area contributed by atoms with E-state index in [0.717, 1.165) is 30.2 Å². The molecule has 25 heavy (non-hydrogen) atoms. The van der Waals surface area contributed by atoms with Crippen LogP contribution in [0.2, 0.25) is 0 Å². The van der Waals surface area contributed by atoms with Gasteiger partial charge in [0.1, 0.15) is 0 Å². The molecule has 5 atom stereocenters. The molecule has 2 saturated heterocycles. The summed E-state index contributed by atoms with van der Waals surface area (Å²) in [4.78, 5) is 0. The van der Waals surface area contributed by atoms with Crippen LogP contribution in [-0.2, 0) is 0 Å². The van der Waals surface area contributed by atoms with Crippen LogP contribution in [0.3, 0.4) is 0 Å². The molecule has 0 radical (unpaired) electrons. The number of nitrogens with zero attached hydrogens (tertiary/aromatic N) is 3. The fourth-order valence-electron chi connectivity index (χ4n) is 7.06. The monoisotopic (exact) mass is 363 g/mol. The van der Waals surface area contributed by atoms with Crippen molar-refractivity contribution < 1.29 is 0 Å². The van der Waals surface area contributed by atoms with Crippen molar-refractivity contribution in [3.05, 3.63) is 12.0 Å². The minimum atomic E-state index is -1.12. The summed E-state index contributed by atoms with van der Waals surface area (Å²) in [5, 5.41) is 2.44. The van der Waals surface area contributed by atoms with E-state index in [9.17, 15) is 0 Å². The van der Waals surface area contributed by atoms with Crippen LogP contribution in [0.4, 0.5) is 0 Å². The molecule has 142 valence electrons. The molecule has 5 rings (SSSR count). The average molecular weight is 364 g/mol. The Bertz CT molecular complexity index is 513. The van der Waals surface area contributed by atoms with Crippen LogP contribution in [0, 0.1) is 0 Å². The quantitative estimate of drug-likeness (QED) is 0.668. The second-order valence-electron chi connectivity index (χ2n) is 9.12. The summed E-state index contributed by atoms with van der Waals surface area (Å²) < 4.78 is 9.04. The highest BCUT2D eigenvalue weighted by atomic mass is 32.3. The molecule has 2 heterocycles. The van der Waals surface area contributed by atoms with Crippen molar-refractivity contribution in [3.63, 3.8) is 0 Å². The lowest BCUT2D eigenvalue weighted by molar-refractivity contribution is 0.110. The van der Waals surface area contributed by atoms with Gasteiger partial charge in [0.05, 0.1) is 0 Å². The molecule has 5 unspecified atom stereocenters. The van der Waals surface area contributed by atoms with Gasteiger partial charge in [0, 0.05) is 30.2 Å². The van der Waals surface area contributed by atoms with Crippen molar-refractivity contribution in [2.75, 3.05) is 7.05 Å². The average Bonchev–Trinajstić information content (AvgIpc) is 3.11. The third kappa shape index (κ3) is 2.30. The van der Waals surface area contributed by atoms with Gasteiger partial charge in [-0.1, -0.05) is 51.5 Å². The maximum Gasteiger partial charge on any atom is 0.0382 e. The normalized spacial score (nSPS) is 49.2. The van der Waals surface area contributed by atoms with E-state index in [1.165, 1.54) is 83.5 Å². The van der Waals surface area contributed by atoms with E-state index in [-0.39, 0.29) is 0 Å². The standard InChI is InChI=1S/C21H37N3S/c1-3-25-22(2)18-13-7-8-14-19(18)24(25)21-16-10-9-15-20(21)23(25)17-11-5-4-6-12-17/h3,17-21H,1,4-16H2,2H3. The van der Waals surface area contributed by atoms with E-state index in [0.29, 0.717) is 0 Å². The summed E-state index contributed by atoms with van der Waals surface area (Å²) in [5.74, 6) is 0. The molecule has 0 bridgehead atoms. The Kier molecular flexibility index (Phi) is 4.47. The lowest BCUT2D eigenvalue weighted by atomic mass is 9.84. The van der Waals surface area contributed by atoms with Crippen LogP contribution in [0.25, 0.3) is 0 Å². The first-order chi connectivity index (χ1) is 12.3. The summed E-state index contributed by atoms with van der Waals surface area (Å²) in [6.45, 7) is 4.50. The van der Waals surface area contributed by atoms with Gasteiger partial charge < -0.3 is 0 Å². The molecular formula is C21H37N3S. The Morgan fingerprint density at radius 2 is 1.16 bits per heavy atom. The van der Waals surface area contributed by atoms with Crippen molar-refractivity contribution in [1.29, 1.82) is 0 Å². The number of likely N-dealkylation sites (N-methyl/N-ethyl adjacent to an activating group) is 1. The van der Waals surface area contributed by atoms with Crippen LogP contribution < -0.4 is 0 Å². The molecule has 0 aromatic rings. The molecule has 5 fully saturated rings. The predicted octanol–water partition coefficient (Wildman–Crippen LogP) is 5.20. The number of hydrogen-bond donors (Lipinski definition) is 0. The van der Waals surface area contributed by atoms with Gasteiger partial charge in [-0.05, 0) is 61.6 Å². The molecule has 0 spiro atoms. The lowest BCUT2D eigenvalue weighted by Crippen LogP contribution is -2.50. The van der Waals surface area contributed by atoms with E-state index in [2.05, 4.69) is 32.0 Å². The number of rotatable bonds is 2. The highest BCUT2D eigenvalue weighted by Crippen LogP contribution is 2.74. The maximum absolute atomic E-state index is 4.50. The fourth-order valence-corrected chi connectivity index (χ4v) is 11.7. The molecule has 0 aromatic heterocycles. The van der Waals surface area contributed by atoms with Crippen molar-refractivity contribution in [2.45, 2.75) is 114 Å². The Balaban J connectivity index is 1.59. The molecule has 0 amide bonds. The number of fused-ring (bicyclic) bond motifs is 5. The third-order valence-electron chi connectivity index (χ3n) is 8.04. The zero-order valence-corrected chi connectivity index (χ0v) is 16.9. The topological polar surface area (TPSA) is 9.72 Å². The first-order valence-electron chi connectivity index (χ1n) is 11.0. The van der Waals surface area contributed by atoms with Crippen LogP contribution in [0.1, 0.15) is 83.5 Å². The summed E-state index contributed by atoms with van der Waals surface area (Å²) in [6.07, 6.45) is 18.7. The molecule has 5 aliphatic rings. The summed E-state index contributed by atoms with van der Waals surface area (Å²) in [7, 11) is 1.34. The van der Waals surface area contributed by atoms with E-state index in [1.54, 1.807) is 0 Å².